The van der Waals surface area contributed by atoms with Crippen molar-refractivity contribution in [1.82, 2.24) is 0 Å². The monoisotopic (exact) mass is 406 g/mol. The van der Waals surface area contributed by atoms with Gasteiger partial charge in [-0.05, 0) is 67.2 Å². The van der Waals surface area contributed by atoms with E-state index in [2.05, 4.69) is 13.0 Å². The normalized spacial score (nSPS) is 25.4. The maximum atomic E-state index is 14.4. The second-order valence-corrected chi connectivity index (χ2v) is 9.33. The van der Waals surface area contributed by atoms with Crippen LogP contribution in [0.3, 0.4) is 0 Å². The number of ether oxygens (including phenoxy) is 1. The second-order valence-electron chi connectivity index (χ2n) is 8.95. The fourth-order valence-corrected chi connectivity index (χ4v) is 5.20. The van der Waals surface area contributed by atoms with Crippen molar-refractivity contribution in [2.75, 3.05) is 6.61 Å². The third kappa shape index (κ3) is 5.75. The van der Waals surface area contributed by atoms with Gasteiger partial charge in [0, 0.05) is 0 Å². The number of hydrogen-bond donors (Lipinski definition) is 0. The van der Waals surface area contributed by atoms with E-state index in [1.165, 1.54) is 63.4 Å². The van der Waals surface area contributed by atoms with E-state index in [0.29, 0.717) is 6.61 Å². The first-order chi connectivity index (χ1) is 13.6. The fourth-order valence-electron chi connectivity index (χ4n) is 4.93. The van der Waals surface area contributed by atoms with Crippen molar-refractivity contribution in [2.24, 2.45) is 17.8 Å². The molecule has 3 heteroatoms. The topological polar surface area (TPSA) is 9.23 Å². The average molecular weight is 407 g/mol. The Balaban J connectivity index is 1.44. The summed E-state index contributed by atoms with van der Waals surface area (Å²) < 4.78 is 19.7. The minimum atomic E-state index is -0.429. The summed E-state index contributed by atoms with van der Waals surface area (Å²) in [5.41, 5.74) is 2.03. The highest BCUT2D eigenvalue weighted by Crippen LogP contribution is 2.39. The van der Waals surface area contributed by atoms with Crippen molar-refractivity contribution in [3.8, 4) is 5.75 Å². The highest BCUT2D eigenvalue weighted by atomic mass is 35.5. The lowest BCUT2D eigenvalue weighted by molar-refractivity contribution is 0.269. The lowest BCUT2D eigenvalue weighted by atomic mass is 9.80. The zero-order valence-electron chi connectivity index (χ0n) is 17.6. The third-order valence-electron chi connectivity index (χ3n) is 6.82. The molecule has 1 fully saturated rings. The van der Waals surface area contributed by atoms with Crippen molar-refractivity contribution in [3.63, 3.8) is 0 Å². The van der Waals surface area contributed by atoms with Crippen LogP contribution in [0.15, 0.2) is 18.2 Å². The maximum absolute atomic E-state index is 14.4. The lowest BCUT2D eigenvalue weighted by Crippen LogP contribution is -2.12. The number of benzene rings is 1. The maximum Gasteiger partial charge on any atom is 0.184 e. The van der Waals surface area contributed by atoms with Gasteiger partial charge in [-0.25, -0.2) is 4.39 Å². The van der Waals surface area contributed by atoms with Crippen LogP contribution in [0.2, 0.25) is 5.02 Å². The molecule has 0 saturated heterocycles. The summed E-state index contributed by atoms with van der Waals surface area (Å²) in [7, 11) is 0. The van der Waals surface area contributed by atoms with E-state index in [1.54, 1.807) is 6.07 Å². The van der Waals surface area contributed by atoms with Gasteiger partial charge in [-0.2, -0.15) is 0 Å². The van der Waals surface area contributed by atoms with E-state index in [0.717, 1.165) is 36.2 Å². The Kier molecular flexibility index (Phi) is 8.26. The molecule has 3 rings (SSSR count). The Hall–Kier alpha value is -1.02. The van der Waals surface area contributed by atoms with Crippen LogP contribution < -0.4 is 4.74 Å². The average Bonchev–Trinajstić information content (AvgIpc) is 2.71. The Morgan fingerprint density at radius 2 is 1.75 bits per heavy atom. The molecule has 1 saturated carbocycles. The predicted molar refractivity (Wildman–Crippen MR) is 117 cm³/mol. The molecule has 0 bridgehead atoms. The molecule has 0 heterocycles. The van der Waals surface area contributed by atoms with Gasteiger partial charge in [-0.1, -0.05) is 76.0 Å². The number of unbranched alkanes of at least 4 members (excludes halogenated alkanes) is 1. The highest BCUT2D eigenvalue weighted by molar-refractivity contribution is 6.32. The largest absolute Gasteiger partial charge is 0.491 e. The molecule has 0 N–H and O–H groups in total. The molecule has 156 valence electrons. The van der Waals surface area contributed by atoms with E-state index < -0.39 is 5.82 Å². The van der Waals surface area contributed by atoms with E-state index in [-0.39, 0.29) is 10.8 Å². The van der Waals surface area contributed by atoms with Crippen molar-refractivity contribution < 1.29 is 9.13 Å². The summed E-state index contributed by atoms with van der Waals surface area (Å²) >= 11 is 6.29. The van der Waals surface area contributed by atoms with Gasteiger partial charge in [-0.3, -0.25) is 0 Å². The summed E-state index contributed by atoms with van der Waals surface area (Å²) in [6.45, 7) is 4.69. The molecular formula is C25H36ClFO. The summed E-state index contributed by atoms with van der Waals surface area (Å²) in [6.07, 6.45) is 16.9. The van der Waals surface area contributed by atoms with Gasteiger partial charge in [0.1, 0.15) is 0 Å². The van der Waals surface area contributed by atoms with E-state index in [1.807, 2.05) is 13.0 Å². The summed E-state index contributed by atoms with van der Waals surface area (Å²) in [4.78, 5) is 0. The zero-order valence-corrected chi connectivity index (χ0v) is 18.4. The van der Waals surface area contributed by atoms with Crippen molar-refractivity contribution >= 4 is 17.2 Å². The molecular weight excluding hydrogens is 371 g/mol. The van der Waals surface area contributed by atoms with Gasteiger partial charge in [0.15, 0.2) is 11.6 Å². The fraction of sp³-hybridized carbons (Fsp3) is 0.680. The van der Waals surface area contributed by atoms with Gasteiger partial charge in [0.25, 0.3) is 0 Å². The summed E-state index contributed by atoms with van der Waals surface area (Å²) in [6, 6.07) is 3.62. The molecule has 0 radical (unpaired) electrons. The third-order valence-corrected chi connectivity index (χ3v) is 7.19. The minimum absolute atomic E-state index is 0.206. The van der Waals surface area contributed by atoms with Gasteiger partial charge in [0.2, 0.25) is 0 Å². The van der Waals surface area contributed by atoms with Gasteiger partial charge < -0.3 is 4.74 Å². The predicted octanol–water partition coefficient (Wildman–Crippen LogP) is 8.45. The van der Waals surface area contributed by atoms with E-state index in [9.17, 15) is 4.39 Å². The molecule has 0 amide bonds. The minimum Gasteiger partial charge on any atom is -0.491 e. The quantitative estimate of drug-likeness (QED) is 0.393. The van der Waals surface area contributed by atoms with Crippen LogP contribution in [0.25, 0.3) is 5.57 Å². The summed E-state index contributed by atoms with van der Waals surface area (Å²) in [5.74, 6) is 2.54. The highest BCUT2D eigenvalue weighted by Gasteiger charge is 2.21. The van der Waals surface area contributed by atoms with Crippen LogP contribution >= 0.6 is 11.6 Å². The lowest BCUT2D eigenvalue weighted by Gasteiger charge is -2.26. The smallest absolute Gasteiger partial charge is 0.184 e. The molecule has 0 spiro atoms. The molecule has 1 unspecified atom stereocenters. The molecule has 28 heavy (non-hydrogen) atoms. The molecule has 0 aromatic heterocycles. The summed E-state index contributed by atoms with van der Waals surface area (Å²) in [5, 5.41) is 0.206. The van der Waals surface area contributed by atoms with Crippen molar-refractivity contribution in [3.05, 3.63) is 34.6 Å². The number of rotatable bonds is 8. The van der Waals surface area contributed by atoms with Crippen molar-refractivity contribution in [1.29, 1.82) is 0 Å². The molecule has 1 aromatic rings. The number of allylic oxidation sites excluding steroid dienone is 2. The van der Waals surface area contributed by atoms with Crippen molar-refractivity contribution in [2.45, 2.75) is 84.5 Å². The number of halogens is 2. The molecule has 0 aliphatic heterocycles. The van der Waals surface area contributed by atoms with Gasteiger partial charge >= 0.3 is 0 Å². The molecule has 1 nitrogen and oxygen atoms in total. The Morgan fingerprint density at radius 1 is 1.04 bits per heavy atom. The van der Waals surface area contributed by atoms with Crippen LogP contribution in [0.4, 0.5) is 4.39 Å². The Bertz CT molecular complexity index is 661. The Labute approximate surface area is 175 Å². The first kappa shape index (κ1) is 21.7. The molecule has 1 atom stereocenters. The number of hydrogen-bond acceptors (Lipinski definition) is 1. The van der Waals surface area contributed by atoms with Crippen LogP contribution in [0.5, 0.6) is 5.75 Å². The molecule has 1 aromatic carbocycles. The van der Waals surface area contributed by atoms with Gasteiger partial charge in [-0.15, -0.1) is 0 Å². The standard InChI is InChI=1S/C25H36ClFO/c1-3-28-23-17-16-22(24(26)25(23)27)21-14-12-20(13-15-21)7-5-4-6-19-10-8-18(2)9-11-19/h14,16-20H,3-13,15H2,1-2H3. The molecule has 2 aliphatic rings. The van der Waals surface area contributed by atoms with Gasteiger partial charge in [0.05, 0.1) is 11.6 Å². The van der Waals surface area contributed by atoms with Crippen LogP contribution in [-0.2, 0) is 0 Å². The second kappa shape index (κ2) is 10.7. The van der Waals surface area contributed by atoms with E-state index in [4.69, 9.17) is 16.3 Å². The van der Waals surface area contributed by atoms with Crippen LogP contribution in [0, 0.1) is 23.6 Å². The SMILES string of the molecule is CCOc1ccc(C2=CCC(CCCCC3CCC(C)CC3)CC2)c(Cl)c1F. The molecule has 2 aliphatic carbocycles. The van der Waals surface area contributed by atoms with Crippen LogP contribution in [-0.4, -0.2) is 6.61 Å². The first-order valence-corrected chi connectivity index (χ1v) is 11.8. The first-order valence-electron chi connectivity index (χ1n) is 11.4. The Morgan fingerprint density at radius 3 is 2.39 bits per heavy atom. The van der Waals surface area contributed by atoms with E-state index >= 15 is 0 Å². The van der Waals surface area contributed by atoms with Crippen LogP contribution in [0.1, 0.15) is 90.0 Å². The zero-order chi connectivity index (χ0) is 19.9.